The lowest BCUT2D eigenvalue weighted by Crippen LogP contribution is -2.26. The van der Waals surface area contributed by atoms with Crippen molar-refractivity contribution in [2.45, 2.75) is 24.9 Å². The van der Waals surface area contributed by atoms with Crippen molar-refractivity contribution < 1.29 is 19.4 Å². The van der Waals surface area contributed by atoms with Crippen molar-refractivity contribution in [2.75, 3.05) is 19.0 Å². The van der Waals surface area contributed by atoms with E-state index in [-0.39, 0.29) is 24.8 Å². The number of fused-ring (bicyclic) bond motifs is 1. The Morgan fingerprint density at radius 3 is 2.85 bits per heavy atom. The summed E-state index contributed by atoms with van der Waals surface area (Å²) in [6.45, 7) is -0.130. The molecule has 0 bridgehead atoms. The minimum Gasteiger partial charge on any atom is -0.394 e. The standard InChI is InChI=1S/C18H19N5O4/c1-26-12-7-14(27-13(12)8-24)23-10-21-15-16(19-9-20-17(15)23)22-18(25)11-5-3-2-4-6-11/h2-6,9-10,12-14,24H,7-8H2,1H3,(H,19,20,22,25)/t12-,13+,14+/m0/s1. The monoisotopic (exact) mass is 369 g/mol. The molecule has 0 spiro atoms. The van der Waals surface area contributed by atoms with Crippen LogP contribution in [-0.2, 0) is 9.47 Å². The van der Waals surface area contributed by atoms with Crippen molar-refractivity contribution >= 4 is 22.9 Å². The van der Waals surface area contributed by atoms with E-state index >= 15 is 0 Å². The van der Waals surface area contributed by atoms with E-state index in [4.69, 9.17) is 9.47 Å². The van der Waals surface area contributed by atoms with Crippen LogP contribution in [0.25, 0.3) is 11.2 Å². The van der Waals surface area contributed by atoms with Gasteiger partial charge in [0.15, 0.2) is 17.0 Å². The van der Waals surface area contributed by atoms with Gasteiger partial charge in [-0.15, -0.1) is 0 Å². The summed E-state index contributed by atoms with van der Waals surface area (Å²) in [4.78, 5) is 25.2. The number of benzene rings is 1. The number of nitrogens with one attached hydrogen (secondary N) is 1. The lowest BCUT2D eigenvalue weighted by Gasteiger charge is -2.14. The molecule has 140 valence electrons. The predicted molar refractivity (Wildman–Crippen MR) is 96.1 cm³/mol. The van der Waals surface area contributed by atoms with E-state index in [0.717, 1.165) is 0 Å². The van der Waals surface area contributed by atoms with Gasteiger partial charge in [-0.2, -0.15) is 0 Å². The lowest BCUT2D eigenvalue weighted by molar-refractivity contribution is -0.0512. The largest absolute Gasteiger partial charge is 0.394 e. The molecule has 1 fully saturated rings. The first-order chi connectivity index (χ1) is 13.2. The topological polar surface area (TPSA) is 111 Å². The molecule has 0 radical (unpaired) electrons. The Morgan fingerprint density at radius 2 is 2.15 bits per heavy atom. The number of anilines is 1. The molecule has 27 heavy (non-hydrogen) atoms. The van der Waals surface area contributed by atoms with E-state index in [2.05, 4.69) is 20.3 Å². The number of carbonyl (C=O) groups is 1. The van der Waals surface area contributed by atoms with Crippen LogP contribution in [0.3, 0.4) is 0 Å². The van der Waals surface area contributed by atoms with Gasteiger partial charge < -0.3 is 19.9 Å². The Bertz CT molecular complexity index is 933. The van der Waals surface area contributed by atoms with Crippen molar-refractivity contribution in [3.63, 3.8) is 0 Å². The van der Waals surface area contributed by atoms with Gasteiger partial charge in [0.1, 0.15) is 18.7 Å². The quantitative estimate of drug-likeness (QED) is 0.699. The smallest absolute Gasteiger partial charge is 0.256 e. The fourth-order valence-electron chi connectivity index (χ4n) is 3.21. The second kappa shape index (κ2) is 7.39. The third kappa shape index (κ3) is 3.27. The van der Waals surface area contributed by atoms with Crippen LogP contribution in [0, 0.1) is 0 Å². The Kier molecular flexibility index (Phi) is 4.80. The maximum Gasteiger partial charge on any atom is 0.256 e. The highest BCUT2D eigenvalue weighted by molar-refractivity contribution is 6.06. The molecule has 1 amide bonds. The number of aliphatic hydroxyl groups excluding tert-OH is 1. The minimum atomic E-state index is -0.406. The first-order valence-corrected chi connectivity index (χ1v) is 8.54. The normalized spacial score (nSPS) is 22.2. The van der Waals surface area contributed by atoms with E-state index in [1.165, 1.54) is 6.33 Å². The molecule has 1 aliphatic rings. The molecule has 1 aliphatic heterocycles. The molecule has 9 nitrogen and oxygen atoms in total. The van der Waals surface area contributed by atoms with Crippen LogP contribution >= 0.6 is 0 Å². The van der Waals surface area contributed by atoms with Crippen molar-refractivity contribution in [1.29, 1.82) is 0 Å². The van der Waals surface area contributed by atoms with Gasteiger partial charge in [0.2, 0.25) is 0 Å². The van der Waals surface area contributed by atoms with Gasteiger partial charge in [0, 0.05) is 19.1 Å². The SMILES string of the molecule is CO[C@H]1C[C@H](n2cnc3c(NC(=O)c4ccccc4)ncnc32)O[C@@H]1CO. The number of imidazole rings is 1. The molecule has 3 atom stereocenters. The highest BCUT2D eigenvalue weighted by Gasteiger charge is 2.36. The predicted octanol–water partition coefficient (Wildman–Crippen LogP) is 1.37. The number of hydrogen-bond donors (Lipinski definition) is 2. The zero-order chi connectivity index (χ0) is 18.8. The number of aliphatic hydroxyl groups is 1. The van der Waals surface area contributed by atoms with E-state index < -0.39 is 6.10 Å². The average Bonchev–Trinajstić information content (AvgIpc) is 3.32. The Morgan fingerprint density at radius 1 is 1.33 bits per heavy atom. The third-order valence-electron chi connectivity index (χ3n) is 4.60. The lowest BCUT2D eigenvalue weighted by atomic mass is 10.2. The molecule has 3 aromatic rings. The van der Waals surface area contributed by atoms with Crippen molar-refractivity contribution in [2.24, 2.45) is 0 Å². The highest BCUT2D eigenvalue weighted by atomic mass is 16.6. The number of hydrogen-bond acceptors (Lipinski definition) is 7. The molecule has 9 heteroatoms. The average molecular weight is 369 g/mol. The summed E-state index contributed by atoms with van der Waals surface area (Å²) in [7, 11) is 1.59. The first kappa shape index (κ1) is 17.5. The Balaban J connectivity index is 1.62. The maximum absolute atomic E-state index is 12.4. The summed E-state index contributed by atoms with van der Waals surface area (Å²) in [5.41, 5.74) is 1.52. The van der Waals surface area contributed by atoms with Crippen LogP contribution in [0.2, 0.25) is 0 Å². The van der Waals surface area contributed by atoms with E-state index in [1.807, 2.05) is 6.07 Å². The summed E-state index contributed by atoms with van der Waals surface area (Å²) in [5, 5.41) is 12.2. The molecule has 4 rings (SSSR count). The Hall–Kier alpha value is -2.88. The van der Waals surface area contributed by atoms with Crippen LogP contribution < -0.4 is 5.32 Å². The van der Waals surface area contributed by atoms with E-state index in [9.17, 15) is 9.90 Å². The summed E-state index contributed by atoms with van der Waals surface area (Å²) in [6, 6.07) is 8.87. The van der Waals surface area contributed by atoms with Crippen molar-refractivity contribution in [1.82, 2.24) is 19.5 Å². The second-order valence-corrected chi connectivity index (χ2v) is 6.19. The summed E-state index contributed by atoms with van der Waals surface area (Å²) < 4.78 is 13.0. The van der Waals surface area contributed by atoms with Gasteiger partial charge in [-0.1, -0.05) is 18.2 Å². The molecular weight excluding hydrogens is 350 g/mol. The van der Waals surface area contributed by atoms with E-state index in [0.29, 0.717) is 29.0 Å². The number of carbonyl (C=O) groups excluding carboxylic acids is 1. The maximum atomic E-state index is 12.4. The second-order valence-electron chi connectivity index (χ2n) is 6.19. The molecular formula is C18H19N5O4. The van der Waals surface area contributed by atoms with Crippen molar-refractivity contribution in [3.05, 3.63) is 48.5 Å². The molecule has 1 saturated heterocycles. The number of ether oxygens (including phenoxy) is 2. The minimum absolute atomic E-state index is 0.130. The van der Waals surface area contributed by atoms with Crippen LogP contribution in [-0.4, -0.2) is 56.5 Å². The van der Waals surface area contributed by atoms with Gasteiger partial charge in [-0.3, -0.25) is 9.36 Å². The molecule has 0 unspecified atom stereocenters. The van der Waals surface area contributed by atoms with Gasteiger partial charge in [0.25, 0.3) is 5.91 Å². The van der Waals surface area contributed by atoms with Crippen LogP contribution in [0.4, 0.5) is 5.82 Å². The number of amides is 1. The number of aromatic nitrogens is 4. The van der Waals surface area contributed by atoms with Gasteiger partial charge in [-0.25, -0.2) is 15.0 Å². The summed E-state index contributed by atoms with van der Waals surface area (Å²) >= 11 is 0. The number of rotatable bonds is 5. The molecule has 2 aromatic heterocycles. The molecule has 2 N–H and O–H groups in total. The fourth-order valence-corrected chi connectivity index (χ4v) is 3.21. The highest BCUT2D eigenvalue weighted by Crippen LogP contribution is 2.32. The van der Waals surface area contributed by atoms with Crippen molar-refractivity contribution in [3.8, 4) is 0 Å². The van der Waals surface area contributed by atoms with Crippen LogP contribution in [0.5, 0.6) is 0 Å². The summed E-state index contributed by atoms with van der Waals surface area (Å²) in [5.74, 6) is 0.0506. The zero-order valence-electron chi connectivity index (χ0n) is 14.6. The molecule has 0 aliphatic carbocycles. The van der Waals surface area contributed by atoms with Crippen LogP contribution in [0.1, 0.15) is 23.0 Å². The van der Waals surface area contributed by atoms with Gasteiger partial charge in [-0.05, 0) is 12.1 Å². The molecule has 3 heterocycles. The molecule has 0 saturated carbocycles. The number of methoxy groups -OCH3 is 1. The number of nitrogens with zero attached hydrogens (tertiary/aromatic N) is 4. The van der Waals surface area contributed by atoms with Gasteiger partial charge >= 0.3 is 0 Å². The van der Waals surface area contributed by atoms with E-state index in [1.54, 1.807) is 42.3 Å². The molecule has 1 aromatic carbocycles. The van der Waals surface area contributed by atoms with Gasteiger partial charge in [0.05, 0.1) is 19.0 Å². The first-order valence-electron chi connectivity index (χ1n) is 8.54. The Labute approximate surface area is 155 Å². The summed E-state index contributed by atoms with van der Waals surface area (Å²) in [6.07, 6.45) is 2.53. The zero-order valence-corrected chi connectivity index (χ0v) is 14.6. The fraction of sp³-hybridized carbons (Fsp3) is 0.333. The third-order valence-corrected chi connectivity index (χ3v) is 4.60. The van der Waals surface area contributed by atoms with Crippen LogP contribution in [0.15, 0.2) is 43.0 Å².